The van der Waals surface area contributed by atoms with E-state index in [0.29, 0.717) is 22.1 Å². The van der Waals surface area contributed by atoms with Crippen molar-refractivity contribution in [1.82, 2.24) is 9.13 Å². The summed E-state index contributed by atoms with van der Waals surface area (Å²) in [6.07, 6.45) is 0. The van der Waals surface area contributed by atoms with Crippen LogP contribution < -0.4 is 21.1 Å². The van der Waals surface area contributed by atoms with Gasteiger partial charge >= 0.3 is 11.7 Å². The van der Waals surface area contributed by atoms with Crippen molar-refractivity contribution >= 4 is 40.0 Å². The monoisotopic (exact) mass is 374 g/mol. The van der Waals surface area contributed by atoms with Crippen molar-refractivity contribution in [1.29, 1.82) is 0 Å². The Bertz CT molecular complexity index is 1070. The van der Waals surface area contributed by atoms with Crippen LogP contribution in [0.2, 0.25) is 5.02 Å². The van der Waals surface area contributed by atoms with Gasteiger partial charge in [0.2, 0.25) is 0 Å². The molecule has 26 heavy (non-hydrogen) atoms. The van der Waals surface area contributed by atoms with E-state index >= 15 is 0 Å². The van der Waals surface area contributed by atoms with Gasteiger partial charge in [-0.1, -0.05) is 11.6 Å². The summed E-state index contributed by atoms with van der Waals surface area (Å²) < 4.78 is 8.33. The Labute approximate surface area is 155 Å². The van der Waals surface area contributed by atoms with Crippen molar-refractivity contribution in [3.8, 4) is 5.75 Å². The van der Waals surface area contributed by atoms with E-state index in [-0.39, 0.29) is 5.69 Å². The first-order valence-corrected chi connectivity index (χ1v) is 8.27. The standard InChI is InChI=1S/C18H19ClN4O3/c1-10-7-14-15(23(3)18(25)22(14)2)9-12(10)20-17(24)21-13-8-11(19)5-6-16(13)26-4/h5-9H,1-4H3,(H2,20,21,24). The summed E-state index contributed by atoms with van der Waals surface area (Å²) in [5.74, 6) is 0.502. The van der Waals surface area contributed by atoms with Gasteiger partial charge in [0.25, 0.3) is 0 Å². The zero-order chi connectivity index (χ0) is 19.0. The van der Waals surface area contributed by atoms with Gasteiger partial charge in [0.15, 0.2) is 0 Å². The van der Waals surface area contributed by atoms with Gasteiger partial charge < -0.3 is 15.4 Å². The molecule has 136 valence electrons. The molecule has 0 fully saturated rings. The second kappa shape index (κ2) is 6.76. The summed E-state index contributed by atoms with van der Waals surface area (Å²) >= 11 is 5.98. The van der Waals surface area contributed by atoms with E-state index in [1.54, 1.807) is 42.9 Å². The number of fused-ring (bicyclic) bond motifs is 1. The third kappa shape index (κ3) is 3.13. The molecule has 0 radical (unpaired) electrons. The maximum absolute atomic E-state index is 12.4. The number of rotatable bonds is 3. The Morgan fingerprint density at radius 1 is 1.04 bits per heavy atom. The zero-order valence-corrected chi connectivity index (χ0v) is 15.6. The van der Waals surface area contributed by atoms with Crippen LogP contribution in [0.3, 0.4) is 0 Å². The third-order valence-electron chi connectivity index (χ3n) is 4.28. The van der Waals surface area contributed by atoms with Gasteiger partial charge in [-0.15, -0.1) is 0 Å². The third-order valence-corrected chi connectivity index (χ3v) is 4.51. The molecule has 1 heterocycles. The van der Waals surface area contributed by atoms with Crippen molar-refractivity contribution < 1.29 is 9.53 Å². The van der Waals surface area contributed by atoms with Crippen molar-refractivity contribution in [2.75, 3.05) is 17.7 Å². The summed E-state index contributed by atoms with van der Waals surface area (Å²) in [4.78, 5) is 24.5. The number of carbonyl (C=O) groups excluding carboxylic acids is 1. The Morgan fingerprint density at radius 2 is 1.65 bits per heavy atom. The highest BCUT2D eigenvalue weighted by Crippen LogP contribution is 2.28. The number of anilines is 2. The van der Waals surface area contributed by atoms with Gasteiger partial charge in [-0.25, -0.2) is 9.59 Å². The highest BCUT2D eigenvalue weighted by atomic mass is 35.5. The molecule has 0 aliphatic heterocycles. The number of imidazole rings is 1. The summed E-state index contributed by atoms with van der Waals surface area (Å²) in [7, 11) is 4.93. The molecular formula is C18H19ClN4O3. The number of halogens is 1. The summed E-state index contributed by atoms with van der Waals surface area (Å²) in [5.41, 5.74) is 3.33. The first kappa shape index (κ1) is 17.9. The smallest absolute Gasteiger partial charge is 0.328 e. The number of ether oxygens (including phenoxy) is 1. The maximum Gasteiger partial charge on any atom is 0.328 e. The minimum Gasteiger partial charge on any atom is -0.495 e. The second-order valence-corrected chi connectivity index (χ2v) is 6.42. The number of nitrogens with zero attached hydrogens (tertiary/aromatic N) is 2. The van der Waals surface area contributed by atoms with Crippen LogP contribution in [0.25, 0.3) is 11.0 Å². The number of hydrogen-bond donors (Lipinski definition) is 2. The average molecular weight is 375 g/mol. The van der Waals surface area contributed by atoms with Crippen LogP contribution in [0, 0.1) is 6.92 Å². The van der Waals surface area contributed by atoms with E-state index in [4.69, 9.17) is 16.3 Å². The van der Waals surface area contributed by atoms with Crippen LogP contribution in [0.1, 0.15) is 5.56 Å². The Morgan fingerprint density at radius 3 is 2.31 bits per heavy atom. The first-order chi connectivity index (χ1) is 12.3. The van der Waals surface area contributed by atoms with Crippen LogP contribution in [0.15, 0.2) is 35.1 Å². The largest absolute Gasteiger partial charge is 0.495 e. The number of aromatic nitrogens is 2. The van der Waals surface area contributed by atoms with Gasteiger partial charge in [-0.2, -0.15) is 0 Å². The summed E-state index contributed by atoms with van der Waals surface area (Å²) in [5, 5.41) is 6.01. The van der Waals surface area contributed by atoms with Crippen molar-refractivity contribution in [2.45, 2.75) is 6.92 Å². The van der Waals surface area contributed by atoms with Crippen LogP contribution in [-0.4, -0.2) is 22.3 Å². The number of nitrogens with one attached hydrogen (secondary N) is 2. The quantitative estimate of drug-likeness (QED) is 0.736. The first-order valence-electron chi connectivity index (χ1n) is 7.89. The lowest BCUT2D eigenvalue weighted by Gasteiger charge is -2.13. The van der Waals surface area contributed by atoms with Crippen LogP contribution in [-0.2, 0) is 14.1 Å². The molecule has 0 aliphatic rings. The highest BCUT2D eigenvalue weighted by Gasteiger charge is 2.13. The normalized spacial score (nSPS) is 10.8. The highest BCUT2D eigenvalue weighted by molar-refractivity contribution is 6.31. The van der Waals surface area contributed by atoms with E-state index in [9.17, 15) is 9.59 Å². The Hall–Kier alpha value is -2.93. The van der Waals surface area contributed by atoms with Gasteiger partial charge in [-0.3, -0.25) is 9.13 Å². The maximum atomic E-state index is 12.4. The van der Waals surface area contributed by atoms with Crippen LogP contribution in [0.5, 0.6) is 5.75 Å². The molecule has 8 heteroatoms. The number of benzene rings is 2. The van der Waals surface area contributed by atoms with E-state index < -0.39 is 6.03 Å². The fraction of sp³-hybridized carbons (Fsp3) is 0.222. The second-order valence-electron chi connectivity index (χ2n) is 5.98. The zero-order valence-electron chi connectivity index (χ0n) is 14.9. The fourth-order valence-corrected chi connectivity index (χ4v) is 3.01. The number of amides is 2. The molecule has 3 aromatic rings. The van der Waals surface area contributed by atoms with Crippen molar-refractivity contribution in [3.63, 3.8) is 0 Å². The Balaban J connectivity index is 1.90. The van der Waals surface area contributed by atoms with Gasteiger partial charge in [0.05, 0.1) is 23.8 Å². The average Bonchev–Trinajstić information content (AvgIpc) is 2.80. The molecule has 7 nitrogen and oxygen atoms in total. The lowest BCUT2D eigenvalue weighted by atomic mass is 10.1. The number of urea groups is 1. The predicted molar refractivity (Wildman–Crippen MR) is 104 cm³/mol. The molecule has 0 bridgehead atoms. The molecule has 0 unspecified atom stereocenters. The number of hydrogen-bond acceptors (Lipinski definition) is 3. The molecule has 2 amide bonds. The van der Waals surface area contributed by atoms with Gasteiger partial charge in [0, 0.05) is 24.8 Å². The molecule has 2 N–H and O–H groups in total. The van der Waals surface area contributed by atoms with Crippen LogP contribution >= 0.6 is 11.6 Å². The van der Waals surface area contributed by atoms with E-state index in [0.717, 1.165) is 16.6 Å². The minimum atomic E-state index is -0.436. The van der Waals surface area contributed by atoms with E-state index in [1.807, 2.05) is 13.0 Å². The number of aryl methyl sites for hydroxylation is 3. The Kier molecular flexibility index (Phi) is 4.65. The molecule has 0 saturated carbocycles. The molecular weight excluding hydrogens is 356 g/mol. The van der Waals surface area contributed by atoms with Gasteiger partial charge in [0.1, 0.15) is 5.75 Å². The number of carbonyl (C=O) groups is 1. The van der Waals surface area contributed by atoms with E-state index in [1.165, 1.54) is 11.7 Å². The molecule has 0 aliphatic carbocycles. The molecule has 3 rings (SSSR count). The van der Waals surface area contributed by atoms with Crippen molar-refractivity contribution in [2.24, 2.45) is 14.1 Å². The van der Waals surface area contributed by atoms with Crippen LogP contribution in [0.4, 0.5) is 16.2 Å². The molecule has 0 atom stereocenters. The van der Waals surface area contributed by atoms with Gasteiger partial charge in [-0.05, 0) is 42.8 Å². The molecule has 0 saturated heterocycles. The topological polar surface area (TPSA) is 77.3 Å². The fourth-order valence-electron chi connectivity index (χ4n) is 2.84. The number of methoxy groups -OCH3 is 1. The van der Waals surface area contributed by atoms with Crippen molar-refractivity contribution in [3.05, 3.63) is 51.4 Å². The molecule has 1 aromatic heterocycles. The predicted octanol–water partition coefficient (Wildman–Crippen LogP) is 3.49. The molecule has 0 spiro atoms. The summed E-state index contributed by atoms with van der Waals surface area (Å²) in [6.45, 7) is 1.87. The summed E-state index contributed by atoms with van der Waals surface area (Å²) in [6, 6.07) is 8.17. The lowest BCUT2D eigenvalue weighted by Crippen LogP contribution is -2.20. The minimum absolute atomic E-state index is 0.121. The van der Waals surface area contributed by atoms with E-state index in [2.05, 4.69) is 10.6 Å². The SMILES string of the molecule is COc1ccc(Cl)cc1NC(=O)Nc1cc2c(cc1C)n(C)c(=O)n2C. The lowest BCUT2D eigenvalue weighted by molar-refractivity contribution is 0.262. The molecule has 2 aromatic carbocycles.